The summed E-state index contributed by atoms with van der Waals surface area (Å²) in [5, 5.41) is 7.36. The van der Waals surface area contributed by atoms with Crippen molar-refractivity contribution in [1.29, 1.82) is 0 Å². The van der Waals surface area contributed by atoms with Crippen LogP contribution in [0.5, 0.6) is 0 Å². The number of aromatic nitrogens is 2. The maximum Gasteiger partial charge on any atom is 0.240 e. The number of amides is 1. The molecule has 106 valence electrons. The van der Waals surface area contributed by atoms with E-state index in [-0.39, 0.29) is 5.91 Å². The van der Waals surface area contributed by atoms with Gasteiger partial charge in [0.2, 0.25) is 5.91 Å². The first-order valence-electron chi connectivity index (χ1n) is 7.00. The smallest absolute Gasteiger partial charge is 0.240 e. The van der Waals surface area contributed by atoms with E-state index in [2.05, 4.69) is 17.3 Å². The first kappa shape index (κ1) is 14.1. The van der Waals surface area contributed by atoms with E-state index < -0.39 is 5.54 Å². The number of hydrogen-bond acceptors (Lipinski definition) is 3. The van der Waals surface area contributed by atoms with E-state index in [4.69, 9.17) is 5.73 Å². The van der Waals surface area contributed by atoms with Crippen molar-refractivity contribution in [3.05, 3.63) is 17.0 Å². The van der Waals surface area contributed by atoms with Crippen molar-refractivity contribution in [2.45, 2.75) is 51.5 Å². The highest BCUT2D eigenvalue weighted by Crippen LogP contribution is 2.27. The van der Waals surface area contributed by atoms with Crippen LogP contribution in [0.15, 0.2) is 0 Å². The summed E-state index contributed by atoms with van der Waals surface area (Å²) >= 11 is 0. The number of nitrogens with zero attached hydrogens (tertiary/aromatic N) is 2. The fourth-order valence-electron chi connectivity index (χ4n) is 2.89. The average Bonchev–Trinajstić information content (AvgIpc) is 2.89. The van der Waals surface area contributed by atoms with Gasteiger partial charge in [-0.15, -0.1) is 0 Å². The zero-order valence-corrected chi connectivity index (χ0v) is 12.1. The van der Waals surface area contributed by atoms with Gasteiger partial charge in [-0.3, -0.25) is 9.48 Å². The molecule has 1 aliphatic rings. The van der Waals surface area contributed by atoms with Crippen LogP contribution in [0.2, 0.25) is 0 Å². The molecule has 0 saturated heterocycles. The summed E-state index contributed by atoms with van der Waals surface area (Å²) in [6.07, 6.45) is 4.55. The lowest BCUT2D eigenvalue weighted by molar-refractivity contribution is -0.126. The number of carbonyl (C=O) groups is 1. The number of rotatable bonds is 4. The van der Waals surface area contributed by atoms with Gasteiger partial charge < -0.3 is 11.1 Å². The third-order valence-corrected chi connectivity index (χ3v) is 4.27. The predicted octanol–water partition coefficient (Wildman–Crippen LogP) is 0.967. The Bertz CT molecular complexity index is 472. The largest absolute Gasteiger partial charge is 0.354 e. The van der Waals surface area contributed by atoms with E-state index in [1.54, 1.807) is 0 Å². The Morgan fingerprint density at radius 3 is 2.58 bits per heavy atom. The van der Waals surface area contributed by atoms with E-state index in [0.717, 1.165) is 43.5 Å². The van der Waals surface area contributed by atoms with Crippen molar-refractivity contribution in [2.75, 3.05) is 6.54 Å². The molecular formula is C14H24N4O. The molecule has 19 heavy (non-hydrogen) atoms. The maximum atomic E-state index is 12.1. The topological polar surface area (TPSA) is 72.9 Å². The third-order valence-electron chi connectivity index (χ3n) is 4.27. The van der Waals surface area contributed by atoms with E-state index >= 15 is 0 Å². The van der Waals surface area contributed by atoms with Crippen molar-refractivity contribution in [2.24, 2.45) is 12.8 Å². The van der Waals surface area contributed by atoms with Gasteiger partial charge in [-0.25, -0.2) is 0 Å². The highest BCUT2D eigenvalue weighted by molar-refractivity contribution is 5.86. The van der Waals surface area contributed by atoms with Gasteiger partial charge in [0, 0.05) is 19.3 Å². The second-order valence-corrected chi connectivity index (χ2v) is 5.64. The predicted molar refractivity (Wildman–Crippen MR) is 74.8 cm³/mol. The molecule has 1 heterocycles. The van der Waals surface area contributed by atoms with Crippen LogP contribution in [0.25, 0.3) is 0 Å². The Labute approximate surface area is 114 Å². The minimum Gasteiger partial charge on any atom is -0.354 e. The van der Waals surface area contributed by atoms with Crippen LogP contribution in [-0.4, -0.2) is 27.8 Å². The Morgan fingerprint density at radius 1 is 1.42 bits per heavy atom. The Kier molecular flexibility index (Phi) is 3.94. The lowest BCUT2D eigenvalue weighted by atomic mass is 9.98. The lowest BCUT2D eigenvalue weighted by Crippen LogP contribution is -2.52. The van der Waals surface area contributed by atoms with Gasteiger partial charge in [0.25, 0.3) is 0 Å². The summed E-state index contributed by atoms with van der Waals surface area (Å²) in [7, 11) is 1.94. The number of carbonyl (C=O) groups excluding carboxylic acids is 1. The average molecular weight is 264 g/mol. The third kappa shape index (κ3) is 2.81. The number of aryl methyl sites for hydroxylation is 2. The molecule has 0 spiro atoms. The molecule has 1 aromatic heterocycles. The molecule has 3 N–H and O–H groups in total. The summed E-state index contributed by atoms with van der Waals surface area (Å²) in [5.41, 5.74) is 8.92. The molecule has 0 aliphatic heterocycles. The molecule has 0 atom stereocenters. The second kappa shape index (κ2) is 5.33. The zero-order chi connectivity index (χ0) is 14.0. The SMILES string of the molecule is Cc1nn(C)c(C)c1CCNC(=O)C1(N)CCCC1. The molecule has 1 aromatic rings. The van der Waals surface area contributed by atoms with Crippen LogP contribution in [0.4, 0.5) is 0 Å². The molecule has 1 aliphatic carbocycles. The van der Waals surface area contributed by atoms with Crippen molar-refractivity contribution in [1.82, 2.24) is 15.1 Å². The summed E-state index contributed by atoms with van der Waals surface area (Å²) < 4.78 is 1.88. The molecule has 1 amide bonds. The standard InChI is InChI=1S/C14H24N4O/c1-10-12(11(2)18(3)17-10)6-9-16-13(19)14(15)7-4-5-8-14/h4-9,15H2,1-3H3,(H,16,19). The molecule has 0 bridgehead atoms. The van der Waals surface area contributed by atoms with Gasteiger partial charge >= 0.3 is 0 Å². The Hall–Kier alpha value is -1.36. The normalized spacial score (nSPS) is 17.7. The highest BCUT2D eigenvalue weighted by Gasteiger charge is 2.36. The van der Waals surface area contributed by atoms with Gasteiger partial charge in [0.05, 0.1) is 11.2 Å². The van der Waals surface area contributed by atoms with Gasteiger partial charge in [0.1, 0.15) is 0 Å². The van der Waals surface area contributed by atoms with E-state index in [1.807, 2.05) is 18.7 Å². The summed E-state index contributed by atoms with van der Waals surface area (Å²) in [6.45, 7) is 4.69. The molecule has 0 unspecified atom stereocenters. The summed E-state index contributed by atoms with van der Waals surface area (Å²) in [5.74, 6) is 0.00389. The maximum absolute atomic E-state index is 12.1. The molecule has 2 rings (SSSR count). The molecule has 1 fully saturated rings. The van der Waals surface area contributed by atoms with Crippen LogP contribution in [0.1, 0.15) is 42.6 Å². The first-order chi connectivity index (χ1) is 8.94. The molecule has 0 radical (unpaired) electrons. The molecule has 0 aromatic carbocycles. The molecule has 5 nitrogen and oxygen atoms in total. The number of nitrogens with two attached hydrogens (primary N) is 1. The minimum atomic E-state index is -0.626. The van der Waals surface area contributed by atoms with Crippen LogP contribution >= 0.6 is 0 Å². The lowest BCUT2D eigenvalue weighted by Gasteiger charge is -2.22. The van der Waals surface area contributed by atoms with Crippen molar-refractivity contribution in [3.8, 4) is 0 Å². The zero-order valence-electron chi connectivity index (χ0n) is 12.1. The number of hydrogen-bond donors (Lipinski definition) is 2. The van der Waals surface area contributed by atoms with Crippen LogP contribution in [-0.2, 0) is 18.3 Å². The van der Waals surface area contributed by atoms with E-state index in [1.165, 1.54) is 5.56 Å². The minimum absolute atomic E-state index is 0.00389. The monoisotopic (exact) mass is 264 g/mol. The van der Waals surface area contributed by atoms with Crippen molar-refractivity contribution < 1.29 is 4.79 Å². The summed E-state index contributed by atoms with van der Waals surface area (Å²) in [6, 6.07) is 0. The second-order valence-electron chi connectivity index (χ2n) is 5.64. The molecule has 1 saturated carbocycles. The van der Waals surface area contributed by atoms with Crippen LogP contribution in [0, 0.1) is 13.8 Å². The van der Waals surface area contributed by atoms with Crippen molar-refractivity contribution in [3.63, 3.8) is 0 Å². The quantitative estimate of drug-likeness (QED) is 0.851. The highest BCUT2D eigenvalue weighted by atomic mass is 16.2. The Balaban J connectivity index is 1.88. The van der Waals surface area contributed by atoms with Crippen LogP contribution in [0.3, 0.4) is 0 Å². The fraction of sp³-hybridized carbons (Fsp3) is 0.714. The summed E-state index contributed by atoms with van der Waals surface area (Å²) in [4.78, 5) is 12.1. The van der Waals surface area contributed by atoms with E-state index in [9.17, 15) is 4.79 Å². The van der Waals surface area contributed by atoms with Gasteiger partial charge in [-0.1, -0.05) is 12.8 Å². The van der Waals surface area contributed by atoms with E-state index in [0.29, 0.717) is 6.54 Å². The Morgan fingerprint density at radius 2 is 2.05 bits per heavy atom. The van der Waals surface area contributed by atoms with Gasteiger partial charge in [-0.05, 0) is 38.7 Å². The molecular weight excluding hydrogens is 240 g/mol. The van der Waals surface area contributed by atoms with Gasteiger partial charge in [0.15, 0.2) is 0 Å². The fourth-order valence-corrected chi connectivity index (χ4v) is 2.89. The first-order valence-corrected chi connectivity index (χ1v) is 7.00. The van der Waals surface area contributed by atoms with Crippen molar-refractivity contribution >= 4 is 5.91 Å². The molecule has 5 heteroatoms. The number of nitrogens with one attached hydrogen (secondary N) is 1. The van der Waals surface area contributed by atoms with Crippen LogP contribution < -0.4 is 11.1 Å². The van der Waals surface area contributed by atoms with Gasteiger partial charge in [-0.2, -0.15) is 5.10 Å².